The van der Waals surface area contributed by atoms with Gasteiger partial charge in [-0.3, -0.25) is 9.59 Å². The Balaban J connectivity index is 2.62. The van der Waals surface area contributed by atoms with Crippen molar-refractivity contribution in [2.24, 2.45) is 0 Å². The lowest BCUT2D eigenvalue weighted by molar-refractivity contribution is -0.109. The molecule has 0 aromatic heterocycles. The van der Waals surface area contributed by atoms with Crippen molar-refractivity contribution in [2.45, 2.75) is 32.0 Å². The highest BCUT2D eigenvalue weighted by Gasteiger charge is 2.18. The summed E-state index contributed by atoms with van der Waals surface area (Å²) in [4.78, 5) is 22.3. The van der Waals surface area contributed by atoms with E-state index >= 15 is 0 Å². The van der Waals surface area contributed by atoms with Gasteiger partial charge < -0.3 is 10.2 Å². The fourth-order valence-electron chi connectivity index (χ4n) is 1.74. The van der Waals surface area contributed by atoms with Crippen LogP contribution < -0.4 is 0 Å². The van der Waals surface area contributed by atoms with Gasteiger partial charge in [-0.25, -0.2) is 0 Å². The number of Topliss-reactive ketones (excluding diaryl/α,β-unsaturated/α-hetero) is 1. The molecule has 0 saturated heterocycles. The normalized spacial score (nSPS) is 13.2. The van der Waals surface area contributed by atoms with Crippen LogP contribution >= 0.6 is 11.8 Å². The van der Waals surface area contributed by atoms with Crippen molar-refractivity contribution in [1.82, 2.24) is 0 Å². The molecule has 0 heterocycles. The third-order valence-electron chi connectivity index (χ3n) is 2.90. The van der Waals surface area contributed by atoms with E-state index in [1.54, 1.807) is 18.2 Å². The van der Waals surface area contributed by atoms with E-state index in [0.717, 1.165) is 11.8 Å². The Kier molecular flexibility index (Phi) is 7.09. The second kappa shape index (κ2) is 8.57. The van der Waals surface area contributed by atoms with Crippen molar-refractivity contribution >= 4 is 22.7 Å². The Morgan fingerprint density at radius 1 is 1.29 bits per heavy atom. The minimum absolute atomic E-state index is 0.0305. The molecule has 0 aliphatic rings. The maximum absolute atomic E-state index is 11.5. The number of nitrogens with zero attached hydrogens (tertiary/aromatic N) is 1. The molecule has 0 aliphatic heterocycles. The van der Waals surface area contributed by atoms with Gasteiger partial charge >= 0.3 is 0 Å². The summed E-state index contributed by atoms with van der Waals surface area (Å²) < 4.78 is 0. The molecule has 6 heteroatoms. The number of carbonyl (C=O) groups is 2. The zero-order valence-electron chi connectivity index (χ0n) is 11.7. The van der Waals surface area contributed by atoms with E-state index in [9.17, 15) is 19.8 Å². The zero-order valence-corrected chi connectivity index (χ0v) is 12.5. The third kappa shape index (κ3) is 5.68. The van der Waals surface area contributed by atoms with Crippen molar-refractivity contribution in [3.05, 3.63) is 35.4 Å². The SMILES string of the molecule is CC(=O)SCCC(O)C(O)c1ccc(C(=O)CC#N)cc1. The molecule has 5 nitrogen and oxygen atoms in total. The first-order chi connectivity index (χ1) is 9.95. The summed E-state index contributed by atoms with van der Waals surface area (Å²) in [5, 5.41) is 28.3. The fraction of sp³-hybridized carbons (Fsp3) is 0.400. The molecule has 2 atom stereocenters. The molecule has 21 heavy (non-hydrogen) atoms. The number of carbonyl (C=O) groups excluding carboxylic acids is 2. The molecule has 1 aromatic carbocycles. The van der Waals surface area contributed by atoms with E-state index in [1.807, 2.05) is 0 Å². The van der Waals surface area contributed by atoms with Crippen LogP contribution in [0.1, 0.15) is 41.8 Å². The summed E-state index contributed by atoms with van der Waals surface area (Å²) in [7, 11) is 0. The Bertz CT molecular complexity index is 536. The van der Waals surface area contributed by atoms with E-state index in [4.69, 9.17) is 5.26 Å². The lowest BCUT2D eigenvalue weighted by Gasteiger charge is -2.18. The van der Waals surface area contributed by atoms with Gasteiger partial charge in [0.05, 0.1) is 18.6 Å². The molecule has 2 N–H and O–H groups in total. The van der Waals surface area contributed by atoms with Crippen LogP contribution in [0.2, 0.25) is 0 Å². The van der Waals surface area contributed by atoms with Gasteiger partial charge in [-0.15, -0.1) is 0 Å². The Hall–Kier alpha value is -1.68. The van der Waals surface area contributed by atoms with Crippen LogP contribution in [0.3, 0.4) is 0 Å². The molecule has 0 bridgehead atoms. The van der Waals surface area contributed by atoms with E-state index in [1.165, 1.54) is 19.1 Å². The quantitative estimate of drug-likeness (QED) is 0.746. The fourth-order valence-corrected chi connectivity index (χ4v) is 2.39. The number of aliphatic hydroxyl groups excluding tert-OH is 2. The molecule has 112 valence electrons. The van der Waals surface area contributed by atoms with Gasteiger partial charge in [0, 0.05) is 18.2 Å². The molecule has 2 unspecified atom stereocenters. The second-order valence-electron chi connectivity index (χ2n) is 4.52. The summed E-state index contributed by atoms with van der Waals surface area (Å²) >= 11 is 1.10. The van der Waals surface area contributed by atoms with E-state index in [-0.39, 0.29) is 17.3 Å². The van der Waals surface area contributed by atoms with Crippen LogP contribution in [0.4, 0.5) is 0 Å². The van der Waals surface area contributed by atoms with Crippen molar-refractivity contribution < 1.29 is 19.8 Å². The van der Waals surface area contributed by atoms with E-state index in [0.29, 0.717) is 23.3 Å². The molecule has 0 fully saturated rings. The van der Waals surface area contributed by atoms with Crippen LogP contribution in [-0.2, 0) is 4.79 Å². The molecule has 0 amide bonds. The zero-order chi connectivity index (χ0) is 15.8. The number of thioether (sulfide) groups is 1. The monoisotopic (exact) mass is 307 g/mol. The molecule has 1 aromatic rings. The molecule has 0 spiro atoms. The number of benzene rings is 1. The first kappa shape index (κ1) is 17.4. The Labute approximate surface area is 127 Å². The summed E-state index contributed by atoms with van der Waals surface area (Å²) in [5.41, 5.74) is 0.887. The molecule has 0 radical (unpaired) electrons. The second-order valence-corrected chi connectivity index (χ2v) is 5.79. The summed E-state index contributed by atoms with van der Waals surface area (Å²) in [6, 6.07) is 7.94. The highest BCUT2D eigenvalue weighted by Crippen LogP contribution is 2.21. The van der Waals surface area contributed by atoms with Crippen LogP contribution in [0.25, 0.3) is 0 Å². The number of hydrogen-bond acceptors (Lipinski definition) is 6. The summed E-state index contributed by atoms with van der Waals surface area (Å²) in [6.07, 6.45) is -1.94. The molecule has 0 aliphatic carbocycles. The Morgan fingerprint density at radius 2 is 1.90 bits per heavy atom. The predicted octanol–water partition coefficient (Wildman–Crippen LogP) is 1.85. The van der Waals surface area contributed by atoms with Crippen LogP contribution in [0.15, 0.2) is 24.3 Å². The Morgan fingerprint density at radius 3 is 2.43 bits per heavy atom. The van der Waals surface area contributed by atoms with Gasteiger partial charge in [0.15, 0.2) is 10.9 Å². The van der Waals surface area contributed by atoms with E-state index in [2.05, 4.69) is 0 Å². The number of rotatable bonds is 7. The van der Waals surface area contributed by atoms with Crippen molar-refractivity contribution in [1.29, 1.82) is 5.26 Å². The topological polar surface area (TPSA) is 98.4 Å². The predicted molar refractivity (Wildman–Crippen MR) is 79.7 cm³/mol. The summed E-state index contributed by atoms with van der Waals surface area (Å²) in [6.45, 7) is 1.45. The molecular weight excluding hydrogens is 290 g/mol. The minimum atomic E-state index is -1.07. The maximum atomic E-state index is 11.5. The van der Waals surface area contributed by atoms with Gasteiger partial charge in [-0.2, -0.15) is 5.26 Å². The molecule has 0 saturated carbocycles. The third-order valence-corrected chi connectivity index (χ3v) is 3.74. The highest BCUT2D eigenvalue weighted by atomic mass is 32.2. The average molecular weight is 307 g/mol. The van der Waals surface area contributed by atoms with Crippen LogP contribution in [0.5, 0.6) is 0 Å². The van der Waals surface area contributed by atoms with Gasteiger partial charge in [0.25, 0.3) is 0 Å². The van der Waals surface area contributed by atoms with Gasteiger partial charge in [0.2, 0.25) is 0 Å². The maximum Gasteiger partial charge on any atom is 0.185 e. The van der Waals surface area contributed by atoms with Crippen molar-refractivity contribution in [2.75, 3.05) is 5.75 Å². The molecular formula is C15H17NO4S. The van der Waals surface area contributed by atoms with E-state index < -0.39 is 12.2 Å². The van der Waals surface area contributed by atoms with Crippen LogP contribution in [0, 0.1) is 11.3 Å². The number of aliphatic hydroxyl groups is 2. The van der Waals surface area contributed by atoms with Gasteiger partial charge in [-0.05, 0) is 12.0 Å². The number of hydrogen-bond donors (Lipinski definition) is 2. The lowest BCUT2D eigenvalue weighted by Crippen LogP contribution is -2.19. The van der Waals surface area contributed by atoms with Crippen molar-refractivity contribution in [3.8, 4) is 6.07 Å². The number of nitriles is 1. The lowest BCUT2D eigenvalue weighted by atomic mass is 10.00. The summed E-state index contributed by atoms with van der Waals surface area (Å²) in [5.74, 6) is 0.156. The smallest absolute Gasteiger partial charge is 0.185 e. The highest BCUT2D eigenvalue weighted by molar-refractivity contribution is 8.13. The van der Waals surface area contributed by atoms with Gasteiger partial charge in [0.1, 0.15) is 6.10 Å². The number of ketones is 1. The largest absolute Gasteiger partial charge is 0.390 e. The van der Waals surface area contributed by atoms with Crippen LogP contribution in [-0.4, -0.2) is 33.0 Å². The average Bonchev–Trinajstić information content (AvgIpc) is 2.46. The molecule has 1 rings (SSSR count). The first-order valence-electron chi connectivity index (χ1n) is 6.45. The van der Waals surface area contributed by atoms with Crippen molar-refractivity contribution in [3.63, 3.8) is 0 Å². The standard InChI is InChI=1S/C15H17NO4S/c1-10(17)21-9-7-14(19)15(20)12-4-2-11(3-5-12)13(18)6-8-16/h2-5,14-15,19-20H,6-7,9H2,1H3. The minimum Gasteiger partial charge on any atom is -0.390 e. The van der Waals surface area contributed by atoms with Gasteiger partial charge in [-0.1, -0.05) is 36.0 Å². The first-order valence-corrected chi connectivity index (χ1v) is 7.44.